The minimum Gasteiger partial charge on any atom is -0.481 e. The summed E-state index contributed by atoms with van der Waals surface area (Å²) in [6.07, 6.45) is -0.590. The maximum Gasteiger partial charge on any atom is 0.306 e. The van der Waals surface area contributed by atoms with Gasteiger partial charge in [0.05, 0.1) is 19.1 Å². The molecule has 1 saturated heterocycles. The first-order chi connectivity index (χ1) is 12.2. The van der Waals surface area contributed by atoms with Gasteiger partial charge in [0, 0.05) is 30.6 Å². The van der Waals surface area contributed by atoms with Gasteiger partial charge in [-0.25, -0.2) is 0 Å². The number of ether oxygens (including phenoxy) is 1. The summed E-state index contributed by atoms with van der Waals surface area (Å²) in [5.41, 5.74) is 0.996. The molecule has 0 aromatic heterocycles. The fraction of sp³-hybridized carbons (Fsp3) is 0.526. The Morgan fingerprint density at radius 2 is 1.88 bits per heavy atom. The molecule has 1 aromatic rings. The average Bonchev–Trinajstić information content (AvgIpc) is 2.58. The Kier molecular flexibility index (Phi) is 6.37. The summed E-state index contributed by atoms with van der Waals surface area (Å²) < 4.78 is 5.39. The minimum atomic E-state index is -0.939. The average molecular weight is 362 g/mol. The van der Waals surface area contributed by atoms with Crippen molar-refractivity contribution in [1.29, 1.82) is 0 Å². The number of rotatable bonds is 5. The van der Waals surface area contributed by atoms with Crippen molar-refractivity contribution in [2.45, 2.75) is 39.8 Å². The van der Waals surface area contributed by atoms with Crippen molar-refractivity contribution in [3.05, 3.63) is 35.4 Å². The molecule has 142 valence electrons. The highest BCUT2D eigenvalue weighted by atomic mass is 16.5. The van der Waals surface area contributed by atoms with E-state index in [1.807, 2.05) is 32.9 Å². The van der Waals surface area contributed by atoms with Crippen molar-refractivity contribution in [3.63, 3.8) is 0 Å². The van der Waals surface area contributed by atoms with Crippen LogP contribution in [0, 0.1) is 5.41 Å². The summed E-state index contributed by atoms with van der Waals surface area (Å²) in [4.78, 5) is 36.9. The smallest absolute Gasteiger partial charge is 0.306 e. The van der Waals surface area contributed by atoms with Crippen LogP contribution in [0.1, 0.15) is 43.1 Å². The molecule has 1 heterocycles. The Morgan fingerprint density at radius 3 is 2.46 bits per heavy atom. The molecule has 1 aromatic carbocycles. The van der Waals surface area contributed by atoms with Crippen molar-refractivity contribution in [2.24, 2.45) is 5.41 Å². The lowest BCUT2D eigenvalue weighted by Gasteiger charge is -2.32. The Bertz CT molecular complexity index is 664. The van der Waals surface area contributed by atoms with Gasteiger partial charge in [0.15, 0.2) is 0 Å². The first kappa shape index (κ1) is 19.9. The standard InChI is InChI=1S/C19H26N2O5/c1-19(2,3)18(25)20-11-13-4-6-14(7-5-13)17(24)21-8-9-26-15(12-21)10-16(22)23/h4-7,15H,8-12H2,1-3H3,(H,20,25)(H,22,23). The van der Waals surface area contributed by atoms with Crippen molar-refractivity contribution in [3.8, 4) is 0 Å². The Balaban J connectivity index is 1.93. The molecule has 2 amide bonds. The topological polar surface area (TPSA) is 95.9 Å². The third-order valence-corrected chi connectivity index (χ3v) is 4.16. The van der Waals surface area contributed by atoms with E-state index in [-0.39, 0.29) is 24.8 Å². The zero-order valence-electron chi connectivity index (χ0n) is 15.4. The highest BCUT2D eigenvalue weighted by molar-refractivity contribution is 5.94. The second-order valence-corrected chi connectivity index (χ2v) is 7.47. The predicted octanol–water partition coefficient (Wildman–Crippen LogP) is 1.66. The monoisotopic (exact) mass is 362 g/mol. The highest BCUT2D eigenvalue weighted by Crippen LogP contribution is 2.15. The summed E-state index contributed by atoms with van der Waals surface area (Å²) in [5, 5.41) is 11.7. The molecule has 2 rings (SSSR count). The van der Waals surface area contributed by atoms with Crippen LogP contribution in [-0.4, -0.2) is 53.6 Å². The first-order valence-electron chi connectivity index (χ1n) is 8.66. The molecule has 0 radical (unpaired) electrons. The fourth-order valence-corrected chi connectivity index (χ4v) is 2.62. The van der Waals surface area contributed by atoms with Crippen LogP contribution in [0.15, 0.2) is 24.3 Å². The maximum absolute atomic E-state index is 12.6. The van der Waals surface area contributed by atoms with Gasteiger partial charge in [0.25, 0.3) is 5.91 Å². The number of morpholine rings is 1. The van der Waals surface area contributed by atoms with Gasteiger partial charge in [-0.15, -0.1) is 0 Å². The molecule has 1 fully saturated rings. The van der Waals surface area contributed by atoms with Crippen molar-refractivity contribution >= 4 is 17.8 Å². The van der Waals surface area contributed by atoms with Gasteiger partial charge < -0.3 is 20.1 Å². The third-order valence-electron chi connectivity index (χ3n) is 4.16. The predicted molar refractivity (Wildman–Crippen MR) is 95.6 cm³/mol. The lowest BCUT2D eigenvalue weighted by molar-refractivity contribution is -0.141. The van der Waals surface area contributed by atoms with Crippen molar-refractivity contribution in [2.75, 3.05) is 19.7 Å². The van der Waals surface area contributed by atoms with Crippen LogP contribution in [0.5, 0.6) is 0 Å². The van der Waals surface area contributed by atoms with Crippen LogP contribution in [0.2, 0.25) is 0 Å². The number of benzene rings is 1. The number of nitrogens with zero attached hydrogens (tertiary/aromatic N) is 1. The molecule has 0 spiro atoms. The largest absolute Gasteiger partial charge is 0.481 e. The first-order valence-corrected chi connectivity index (χ1v) is 8.66. The second kappa shape index (κ2) is 8.31. The Hall–Kier alpha value is -2.41. The zero-order valence-corrected chi connectivity index (χ0v) is 15.4. The maximum atomic E-state index is 12.6. The molecule has 0 bridgehead atoms. The van der Waals surface area contributed by atoms with E-state index in [0.717, 1.165) is 5.56 Å². The molecule has 1 aliphatic heterocycles. The zero-order chi connectivity index (χ0) is 19.3. The molecular formula is C19H26N2O5. The van der Waals surface area contributed by atoms with Crippen LogP contribution < -0.4 is 5.32 Å². The molecule has 7 heteroatoms. The molecule has 0 saturated carbocycles. The highest BCUT2D eigenvalue weighted by Gasteiger charge is 2.26. The molecule has 1 unspecified atom stereocenters. The van der Waals surface area contributed by atoms with E-state index in [9.17, 15) is 14.4 Å². The van der Waals surface area contributed by atoms with Gasteiger partial charge in [-0.05, 0) is 17.7 Å². The van der Waals surface area contributed by atoms with E-state index >= 15 is 0 Å². The van der Waals surface area contributed by atoms with Gasteiger partial charge in [-0.3, -0.25) is 14.4 Å². The van der Waals surface area contributed by atoms with Crippen LogP contribution in [0.4, 0.5) is 0 Å². The van der Waals surface area contributed by atoms with Crippen LogP contribution in [0.25, 0.3) is 0 Å². The lowest BCUT2D eigenvalue weighted by atomic mass is 9.95. The molecule has 1 atom stereocenters. The van der Waals surface area contributed by atoms with E-state index in [1.54, 1.807) is 17.0 Å². The molecule has 26 heavy (non-hydrogen) atoms. The summed E-state index contributed by atoms with van der Waals surface area (Å²) in [6.45, 7) is 7.01. The second-order valence-electron chi connectivity index (χ2n) is 7.47. The number of carbonyl (C=O) groups is 3. The number of carboxylic acid groups (broad SMARTS) is 1. The third kappa shape index (κ3) is 5.56. The fourth-order valence-electron chi connectivity index (χ4n) is 2.62. The van der Waals surface area contributed by atoms with Gasteiger partial charge in [0.1, 0.15) is 0 Å². The number of carbonyl (C=O) groups excluding carboxylic acids is 2. The van der Waals surface area contributed by atoms with Crippen molar-refractivity contribution in [1.82, 2.24) is 10.2 Å². The lowest BCUT2D eigenvalue weighted by Crippen LogP contribution is -2.46. The van der Waals surface area contributed by atoms with Crippen LogP contribution in [0.3, 0.4) is 0 Å². The quantitative estimate of drug-likeness (QED) is 0.831. The SMILES string of the molecule is CC(C)(C)C(=O)NCc1ccc(C(=O)N2CCOC(CC(=O)O)C2)cc1. The van der Waals surface area contributed by atoms with E-state index < -0.39 is 17.5 Å². The molecule has 7 nitrogen and oxygen atoms in total. The van der Waals surface area contributed by atoms with E-state index in [4.69, 9.17) is 9.84 Å². The Labute approximate surface area is 153 Å². The van der Waals surface area contributed by atoms with Gasteiger partial charge in [0.2, 0.25) is 5.91 Å². The van der Waals surface area contributed by atoms with E-state index in [0.29, 0.717) is 25.3 Å². The Morgan fingerprint density at radius 1 is 1.23 bits per heavy atom. The summed E-state index contributed by atoms with van der Waals surface area (Å²) in [6, 6.07) is 7.07. The minimum absolute atomic E-state index is 0.0320. The summed E-state index contributed by atoms with van der Waals surface area (Å²) >= 11 is 0. The normalized spacial score (nSPS) is 17.7. The molecule has 0 aliphatic carbocycles. The van der Waals surface area contributed by atoms with Gasteiger partial charge in [-0.2, -0.15) is 0 Å². The number of hydrogen-bond acceptors (Lipinski definition) is 4. The summed E-state index contributed by atoms with van der Waals surface area (Å²) in [5.74, 6) is -1.12. The van der Waals surface area contributed by atoms with Crippen LogP contribution in [-0.2, 0) is 20.9 Å². The van der Waals surface area contributed by atoms with Crippen LogP contribution >= 0.6 is 0 Å². The molecular weight excluding hydrogens is 336 g/mol. The number of amides is 2. The number of carboxylic acids is 1. The summed E-state index contributed by atoms with van der Waals surface area (Å²) in [7, 11) is 0. The van der Waals surface area contributed by atoms with Gasteiger partial charge >= 0.3 is 5.97 Å². The number of hydrogen-bond donors (Lipinski definition) is 2. The van der Waals surface area contributed by atoms with Gasteiger partial charge in [-0.1, -0.05) is 32.9 Å². The molecule has 2 N–H and O–H groups in total. The molecule has 1 aliphatic rings. The van der Waals surface area contributed by atoms with E-state index in [2.05, 4.69) is 5.32 Å². The number of nitrogens with one attached hydrogen (secondary N) is 1. The number of aliphatic carboxylic acids is 1. The van der Waals surface area contributed by atoms with E-state index in [1.165, 1.54) is 0 Å². The van der Waals surface area contributed by atoms with Crippen molar-refractivity contribution < 1.29 is 24.2 Å².